The van der Waals surface area contributed by atoms with Crippen LogP contribution in [0.1, 0.15) is 25.3 Å². The van der Waals surface area contributed by atoms with E-state index in [1.165, 1.54) is 56.4 Å². The van der Waals surface area contributed by atoms with Gasteiger partial charge >= 0.3 is 0 Å². The van der Waals surface area contributed by atoms with Crippen molar-refractivity contribution in [3.8, 4) is 50.8 Å². The highest BCUT2D eigenvalue weighted by Gasteiger charge is 2.12. The zero-order valence-electron chi connectivity index (χ0n) is 19.5. The van der Waals surface area contributed by atoms with Crippen LogP contribution in [0.4, 0.5) is 0 Å². The van der Waals surface area contributed by atoms with Gasteiger partial charge in [-0.05, 0) is 76.0 Å². The molecule has 2 aromatic carbocycles. The van der Waals surface area contributed by atoms with E-state index in [0.29, 0.717) is 5.92 Å². The van der Waals surface area contributed by atoms with Gasteiger partial charge in [-0.15, -0.1) is 45.3 Å². The second-order valence-corrected chi connectivity index (χ2v) is 13.0. The Morgan fingerprint density at radius 3 is 1.34 bits per heavy atom. The molecule has 0 aliphatic carbocycles. The molecule has 4 aromatic heterocycles. The summed E-state index contributed by atoms with van der Waals surface area (Å²) < 4.78 is 0. The topological polar surface area (TPSA) is 0 Å². The average molecular weight is 525 g/mol. The Kier molecular flexibility index (Phi) is 6.29. The first-order valence-electron chi connectivity index (χ1n) is 11.7. The van der Waals surface area contributed by atoms with E-state index in [0.717, 1.165) is 0 Å². The molecule has 0 bridgehead atoms. The van der Waals surface area contributed by atoms with E-state index in [-0.39, 0.29) is 0 Å². The third-order valence-corrected chi connectivity index (χ3v) is 10.9. The Hall–Kier alpha value is -2.76. The molecule has 0 radical (unpaired) electrons. The summed E-state index contributed by atoms with van der Waals surface area (Å²) >= 11 is 7.44. The molecular formula is C31H24S4. The second kappa shape index (κ2) is 9.71. The van der Waals surface area contributed by atoms with Crippen molar-refractivity contribution in [1.29, 1.82) is 0 Å². The Morgan fingerprint density at radius 1 is 0.429 bits per heavy atom. The largest absolute Gasteiger partial charge is 0.143 e. The number of thiophene rings is 4. The molecule has 0 unspecified atom stereocenters. The first-order chi connectivity index (χ1) is 17.1. The Morgan fingerprint density at radius 2 is 0.857 bits per heavy atom. The number of rotatable bonds is 6. The molecule has 0 saturated carbocycles. The molecular weight excluding hydrogens is 501 g/mol. The van der Waals surface area contributed by atoms with Crippen LogP contribution in [0.25, 0.3) is 50.8 Å². The van der Waals surface area contributed by atoms with E-state index < -0.39 is 0 Å². The quantitative estimate of drug-likeness (QED) is 0.203. The lowest BCUT2D eigenvalue weighted by atomic mass is 9.98. The average Bonchev–Trinajstić information content (AvgIpc) is 3.70. The van der Waals surface area contributed by atoms with E-state index in [4.69, 9.17) is 0 Å². The van der Waals surface area contributed by atoms with Crippen molar-refractivity contribution >= 4 is 45.3 Å². The predicted molar refractivity (Wildman–Crippen MR) is 159 cm³/mol. The molecule has 0 aliphatic rings. The molecule has 0 atom stereocenters. The Bertz CT molecular complexity index is 1540. The minimum Gasteiger partial charge on any atom is -0.143 e. The number of hydrogen-bond acceptors (Lipinski definition) is 4. The first kappa shape index (κ1) is 22.7. The van der Waals surface area contributed by atoms with Crippen molar-refractivity contribution in [3.63, 3.8) is 0 Å². The lowest BCUT2D eigenvalue weighted by Crippen LogP contribution is -1.86. The fourth-order valence-electron chi connectivity index (χ4n) is 4.14. The summed E-state index contributed by atoms with van der Waals surface area (Å²) in [6, 6.07) is 35.8. The second-order valence-electron chi connectivity index (χ2n) is 8.82. The molecule has 0 nitrogen and oxygen atoms in total. The van der Waals surface area contributed by atoms with Crippen LogP contribution in [-0.4, -0.2) is 0 Å². The summed E-state index contributed by atoms with van der Waals surface area (Å²) in [4.78, 5) is 9.37. The number of hydrogen-bond donors (Lipinski definition) is 0. The fraction of sp³-hybridized carbons (Fsp3) is 0.0968. The zero-order chi connectivity index (χ0) is 23.8. The summed E-state index contributed by atoms with van der Waals surface area (Å²) in [5, 5.41) is 2.14. The summed E-state index contributed by atoms with van der Waals surface area (Å²) in [7, 11) is 0. The van der Waals surface area contributed by atoms with Gasteiger partial charge in [0.15, 0.2) is 0 Å². The molecule has 0 saturated heterocycles. The van der Waals surface area contributed by atoms with E-state index in [1.807, 2.05) is 34.0 Å². The van der Waals surface area contributed by atoms with Gasteiger partial charge in [-0.1, -0.05) is 68.4 Å². The Labute approximate surface area is 222 Å². The van der Waals surface area contributed by atoms with E-state index in [9.17, 15) is 0 Å². The predicted octanol–water partition coefficient (Wildman–Crippen LogP) is 11.4. The van der Waals surface area contributed by atoms with Crippen molar-refractivity contribution in [1.82, 2.24) is 0 Å². The minimum atomic E-state index is 0.563. The smallest absolute Gasteiger partial charge is 0.0449 e. The van der Waals surface area contributed by atoms with Crippen molar-refractivity contribution in [2.75, 3.05) is 0 Å². The number of benzene rings is 2. The molecule has 0 amide bonds. The highest BCUT2D eigenvalue weighted by Crippen LogP contribution is 2.43. The van der Waals surface area contributed by atoms with E-state index in [1.54, 1.807) is 11.3 Å². The fourth-order valence-corrected chi connectivity index (χ4v) is 8.18. The maximum absolute atomic E-state index is 2.27. The molecule has 0 spiro atoms. The SMILES string of the molecule is CC(C)c1ccc(-c2ccc(-c3ccc(-c4ccc(-c5ccc(-c6cccs6)s5)s4)s3)cc2)cc1. The van der Waals surface area contributed by atoms with Crippen molar-refractivity contribution in [2.45, 2.75) is 19.8 Å². The van der Waals surface area contributed by atoms with Crippen LogP contribution < -0.4 is 0 Å². The lowest BCUT2D eigenvalue weighted by Gasteiger charge is -2.07. The summed E-state index contributed by atoms with van der Waals surface area (Å²) in [6.45, 7) is 4.47. The normalized spacial score (nSPS) is 11.4. The first-order valence-corrected chi connectivity index (χ1v) is 15.0. The van der Waals surface area contributed by atoms with Gasteiger partial charge in [-0.3, -0.25) is 0 Å². The van der Waals surface area contributed by atoms with Gasteiger partial charge in [0.25, 0.3) is 0 Å². The standard InChI is InChI=1S/C31H24S4/c1-20(2)21-5-7-22(8-6-21)23-9-11-24(12-10-23)25-13-14-28(33-25)29-17-18-31(35-29)30-16-15-27(34-30)26-4-3-19-32-26/h3-20H,1-2H3. The van der Waals surface area contributed by atoms with Crippen LogP contribution in [-0.2, 0) is 0 Å². The monoisotopic (exact) mass is 524 g/mol. The molecule has 6 aromatic rings. The maximum atomic E-state index is 2.27. The maximum Gasteiger partial charge on any atom is 0.0449 e. The highest BCUT2D eigenvalue weighted by molar-refractivity contribution is 7.28. The molecule has 0 aliphatic heterocycles. The minimum absolute atomic E-state index is 0.563. The van der Waals surface area contributed by atoms with Crippen molar-refractivity contribution in [2.24, 2.45) is 0 Å². The summed E-state index contributed by atoms with van der Waals surface area (Å²) in [5.41, 5.74) is 5.20. The summed E-state index contributed by atoms with van der Waals surface area (Å²) in [6.07, 6.45) is 0. The van der Waals surface area contributed by atoms with Crippen LogP contribution >= 0.6 is 45.3 Å². The van der Waals surface area contributed by atoms with Gasteiger partial charge in [0.05, 0.1) is 0 Å². The molecule has 172 valence electrons. The van der Waals surface area contributed by atoms with Crippen molar-refractivity contribution < 1.29 is 0 Å². The summed E-state index contributed by atoms with van der Waals surface area (Å²) in [5.74, 6) is 0.563. The Balaban J connectivity index is 1.20. The van der Waals surface area contributed by atoms with Gasteiger partial charge < -0.3 is 0 Å². The van der Waals surface area contributed by atoms with Crippen LogP contribution in [0.2, 0.25) is 0 Å². The molecule has 4 heteroatoms. The van der Waals surface area contributed by atoms with Gasteiger partial charge in [0.2, 0.25) is 0 Å². The van der Waals surface area contributed by atoms with Gasteiger partial charge in [-0.2, -0.15) is 0 Å². The van der Waals surface area contributed by atoms with Crippen LogP contribution in [0.5, 0.6) is 0 Å². The van der Waals surface area contributed by atoms with Crippen LogP contribution in [0.3, 0.4) is 0 Å². The van der Waals surface area contributed by atoms with E-state index in [2.05, 4.69) is 116 Å². The van der Waals surface area contributed by atoms with Gasteiger partial charge in [-0.25, -0.2) is 0 Å². The van der Waals surface area contributed by atoms with Crippen LogP contribution in [0.15, 0.2) is 102 Å². The van der Waals surface area contributed by atoms with E-state index >= 15 is 0 Å². The zero-order valence-corrected chi connectivity index (χ0v) is 22.8. The third kappa shape index (κ3) is 4.72. The lowest BCUT2D eigenvalue weighted by molar-refractivity contribution is 0.867. The third-order valence-electron chi connectivity index (χ3n) is 6.15. The molecule has 0 fully saturated rings. The molecule has 0 N–H and O–H groups in total. The molecule has 6 rings (SSSR count). The molecule has 4 heterocycles. The molecule has 35 heavy (non-hydrogen) atoms. The van der Waals surface area contributed by atoms with Crippen LogP contribution in [0, 0.1) is 0 Å². The van der Waals surface area contributed by atoms with Gasteiger partial charge in [0, 0.05) is 34.1 Å². The van der Waals surface area contributed by atoms with Crippen molar-refractivity contribution in [3.05, 3.63) is 108 Å². The van der Waals surface area contributed by atoms with Gasteiger partial charge in [0.1, 0.15) is 0 Å². The highest BCUT2D eigenvalue weighted by atomic mass is 32.1.